The summed E-state index contributed by atoms with van der Waals surface area (Å²) in [5.41, 5.74) is 2.55. The molecule has 4 aromatic rings. The maximum atomic E-state index is 4.72. The van der Waals surface area contributed by atoms with Gasteiger partial charge in [-0.15, -0.1) is 0 Å². The van der Waals surface area contributed by atoms with Crippen LogP contribution in [0.5, 0.6) is 0 Å². The average Bonchev–Trinajstić information content (AvgIpc) is 2.62. The van der Waals surface area contributed by atoms with Gasteiger partial charge < -0.3 is 5.32 Å². The van der Waals surface area contributed by atoms with Gasteiger partial charge in [0.15, 0.2) is 11.5 Å². The summed E-state index contributed by atoms with van der Waals surface area (Å²) in [6, 6.07) is 15.7. The summed E-state index contributed by atoms with van der Waals surface area (Å²) in [6.45, 7) is 0. The highest BCUT2D eigenvalue weighted by molar-refractivity contribution is 14.1. The Labute approximate surface area is 152 Å². The summed E-state index contributed by atoms with van der Waals surface area (Å²) < 4.78 is 1.14. The predicted octanol–water partition coefficient (Wildman–Crippen LogP) is 4.44. The van der Waals surface area contributed by atoms with Crippen molar-refractivity contribution in [3.63, 3.8) is 0 Å². The second kappa shape index (κ2) is 6.48. The molecule has 0 radical (unpaired) electrons. The Morgan fingerprint density at radius 3 is 2.58 bits per heavy atom. The minimum atomic E-state index is 0.649. The molecule has 3 heterocycles. The summed E-state index contributed by atoms with van der Waals surface area (Å²) in [6.07, 6.45) is 5.22. The summed E-state index contributed by atoms with van der Waals surface area (Å²) in [7, 11) is 0. The zero-order valence-corrected chi connectivity index (χ0v) is 14.7. The van der Waals surface area contributed by atoms with Crippen LogP contribution in [0, 0.1) is 3.57 Å². The Kier molecular flexibility index (Phi) is 4.04. The normalized spacial score (nSPS) is 10.7. The summed E-state index contributed by atoms with van der Waals surface area (Å²) >= 11 is 2.28. The van der Waals surface area contributed by atoms with Crippen LogP contribution in [-0.2, 0) is 0 Å². The lowest BCUT2D eigenvalue weighted by molar-refractivity contribution is 1.18. The largest absolute Gasteiger partial charge is 0.339 e. The van der Waals surface area contributed by atoms with Crippen LogP contribution in [0.3, 0.4) is 0 Å². The van der Waals surface area contributed by atoms with Crippen molar-refractivity contribution in [1.82, 2.24) is 19.9 Å². The highest BCUT2D eigenvalue weighted by Gasteiger charge is 2.10. The van der Waals surface area contributed by atoms with Gasteiger partial charge >= 0.3 is 0 Å². The highest BCUT2D eigenvalue weighted by atomic mass is 127. The molecule has 3 aromatic heterocycles. The van der Waals surface area contributed by atoms with Crippen LogP contribution in [0.25, 0.3) is 22.4 Å². The molecule has 5 nitrogen and oxygen atoms in total. The minimum absolute atomic E-state index is 0.649. The standard InChI is InChI=1S/C18H12IN5/c19-13-4-1-3-12(11-13)16-23-17-15(5-2-8-21-17)18(24-16)22-14-6-9-20-10-7-14/h1-11H,(H,20,21,22,23,24). The molecule has 4 rings (SSSR count). The number of nitrogens with zero attached hydrogens (tertiary/aromatic N) is 4. The number of hydrogen-bond acceptors (Lipinski definition) is 5. The van der Waals surface area contributed by atoms with E-state index in [1.54, 1.807) is 18.6 Å². The zero-order valence-electron chi connectivity index (χ0n) is 12.5. The number of aromatic nitrogens is 4. The van der Waals surface area contributed by atoms with Crippen LogP contribution < -0.4 is 5.32 Å². The third-order valence-corrected chi connectivity index (χ3v) is 4.17. The summed E-state index contributed by atoms with van der Waals surface area (Å²) in [4.78, 5) is 17.8. The molecular formula is C18H12IN5. The van der Waals surface area contributed by atoms with Crippen LogP contribution in [-0.4, -0.2) is 19.9 Å². The molecule has 0 saturated heterocycles. The van der Waals surface area contributed by atoms with Crippen molar-refractivity contribution < 1.29 is 0 Å². The predicted molar refractivity (Wildman–Crippen MR) is 103 cm³/mol. The van der Waals surface area contributed by atoms with E-state index in [9.17, 15) is 0 Å². The van der Waals surface area contributed by atoms with Crippen LogP contribution in [0.1, 0.15) is 0 Å². The Morgan fingerprint density at radius 1 is 0.875 bits per heavy atom. The van der Waals surface area contributed by atoms with Crippen LogP contribution in [0.2, 0.25) is 0 Å². The number of rotatable bonds is 3. The zero-order chi connectivity index (χ0) is 16.4. The average molecular weight is 425 g/mol. The van der Waals surface area contributed by atoms with Crippen molar-refractivity contribution in [3.05, 3.63) is 70.7 Å². The van der Waals surface area contributed by atoms with E-state index < -0.39 is 0 Å². The van der Waals surface area contributed by atoms with Gasteiger partial charge in [-0.2, -0.15) is 0 Å². The van der Waals surface area contributed by atoms with E-state index in [0.29, 0.717) is 11.5 Å². The number of nitrogens with one attached hydrogen (secondary N) is 1. The fourth-order valence-corrected chi connectivity index (χ4v) is 2.93. The molecule has 0 saturated carbocycles. The van der Waals surface area contributed by atoms with E-state index >= 15 is 0 Å². The van der Waals surface area contributed by atoms with Gasteiger partial charge in [0, 0.05) is 33.4 Å². The SMILES string of the molecule is Ic1cccc(-c2nc(Nc3ccncc3)c3cccnc3n2)c1. The second-order valence-electron chi connectivity index (χ2n) is 5.14. The lowest BCUT2D eigenvalue weighted by atomic mass is 10.2. The number of fused-ring (bicyclic) bond motifs is 1. The molecule has 1 N–H and O–H groups in total. The number of halogens is 1. The summed E-state index contributed by atoms with van der Waals surface area (Å²) in [5, 5.41) is 4.22. The molecule has 116 valence electrons. The maximum absolute atomic E-state index is 4.72. The van der Waals surface area contributed by atoms with E-state index in [1.807, 2.05) is 42.5 Å². The van der Waals surface area contributed by atoms with Crippen molar-refractivity contribution in [1.29, 1.82) is 0 Å². The van der Waals surface area contributed by atoms with E-state index in [2.05, 4.69) is 48.9 Å². The molecular weight excluding hydrogens is 413 g/mol. The lowest BCUT2D eigenvalue weighted by Crippen LogP contribution is -2.00. The molecule has 0 amide bonds. The molecule has 24 heavy (non-hydrogen) atoms. The maximum Gasteiger partial charge on any atom is 0.165 e. The molecule has 0 bridgehead atoms. The third kappa shape index (κ3) is 3.05. The number of anilines is 2. The molecule has 0 aliphatic rings. The van der Waals surface area contributed by atoms with Crippen molar-refractivity contribution >= 4 is 45.1 Å². The van der Waals surface area contributed by atoms with E-state index in [-0.39, 0.29) is 0 Å². The fourth-order valence-electron chi connectivity index (χ4n) is 2.39. The van der Waals surface area contributed by atoms with Gasteiger partial charge in [-0.25, -0.2) is 15.0 Å². The molecule has 0 unspecified atom stereocenters. The first kappa shape index (κ1) is 14.9. The second-order valence-corrected chi connectivity index (χ2v) is 6.39. The Bertz CT molecular complexity index is 1000. The smallest absolute Gasteiger partial charge is 0.165 e. The first-order valence-corrected chi connectivity index (χ1v) is 8.43. The lowest BCUT2D eigenvalue weighted by Gasteiger charge is -2.10. The Hall–Kier alpha value is -2.61. The van der Waals surface area contributed by atoms with Crippen LogP contribution in [0.15, 0.2) is 67.1 Å². The van der Waals surface area contributed by atoms with E-state index in [0.717, 1.165) is 26.0 Å². The molecule has 0 aliphatic carbocycles. The van der Waals surface area contributed by atoms with Gasteiger partial charge in [0.1, 0.15) is 5.82 Å². The van der Waals surface area contributed by atoms with Crippen molar-refractivity contribution in [2.75, 3.05) is 5.32 Å². The highest BCUT2D eigenvalue weighted by Crippen LogP contribution is 2.26. The first-order valence-electron chi connectivity index (χ1n) is 7.35. The van der Waals surface area contributed by atoms with Gasteiger partial charge in [-0.05, 0) is 59.0 Å². The number of pyridine rings is 2. The van der Waals surface area contributed by atoms with Gasteiger partial charge in [-0.3, -0.25) is 4.98 Å². The van der Waals surface area contributed by atoms with Crippen LogP contribution in [0.4, 0.5) is 11.5 Å². The molecule has 0 atom stereocenters. The third-order valence-electron chi connectivity index (χ3n) is 3.50. The monoisotopic (exact) mass is 425 g/mol. The van der Waals surface area contributed by atoms with Gasteiger partial charge in [0.25, 0.3) is 0 Å². The number of hydrogen-bond donors (Lipinski definition) is 1. The molecule has 6 heteroatoms. The molecule has 0 spiro atoms. The Balaban J connectivity index is 1.88. The minimum Gasteiger partial charge on any atom is -0.339 e. The number of benzene rings is 1. The fraction of sp³-hybridized carbons (Fsp3) is 0. The summed E-state index contributed by atoms with van der Waals surface area (Å²) in [5.74, 6) is 1.38. The quantitative estimate of drug-likeness (QED) is 0.492. The Morgan fingerprint density at radius 2 is 1.75 bits per heavy atom. The molecule has 0 fully saturated rings. The molecule has 1 aromatic carbocycles. The van der Waals surface area contributed by atoms with Crippen molar-refractivity contribution in [2.45, 2.75) is 0 Å². The van der Waals surface area contributed by atoms with Crippen molar-refractivity contribution in [2.24, 2.45) is 0 Å². The van der Waals surface area contributed by atoms with E-state index in [4.69, 9.17) is 4.98 Å². The van der Waals surface area contributed by atoms with Crippen molar-refractivity contribution in [3.8, 4) is 11.4 Å². The van der Waals surface area contributed by atoms with Gasteiger partial charge in [-0.1, -0.05) is 12.1 Å². The van der Waals surface area contributed by atoms with Gasteiger partial charge in [0.05, 0.1) is 5.39 Å². The topological polar surface area (TPSA) is 63.6 Å². The van der Waals surface area contributed by atoms with Gasteiger partial charge in [0.2, 0.25) is 0 Å². The first-order chi connectivity index (χ1) is 11.8. The van der Waals surface area contributed by atoms with Crippen LogP contribution >= 0.6 is 22.6 Å². The molecule has 0 aliphatic heterocycles. The van der Waals surface area contributed by atoms with E-state index in [1.165, 1.54) is 0 Å².